The molecule has 11 heavy (non-hydrogen) atoms. The molecule has 2 unspecified atom stereocenters. The maximum absolute atomic E-state index is 5.87. The third kappa shape index (κ3) is 2.64. The van der Waals surface area contributed by atoms with Crippen molar-refractivity contribution in [3.05, 3.63) is 12.7 Å². The van der Waals surface area contributed by atoms with Crippen LogP contribution in [0.3, 0.4) is 0 Å². The summed E-state index contributed by atoms with van der Waals surface area (Å²) in [5.41, 5.74) is 5.87. The average molecular weight is 154 g/mol. The molecule has 0 aromatic rings. The first kappa shape index (κ1) is 8.75. The molecule has 0 radical (unpaired) electrons. The first-order chi connectivity index (χ1) is 5.22. The summed E-state index contributed by atoms with van der Waals surface area (Å²) in [5.74, 6) is 0.749. The Kier molecular flexibility index (Phi) is 3.09. The van der Waals surface area contributed by atoms with Crippen molar-refractivity contribution >= 4 is 0 Å². The van der Waals surface area contributed by atoms with Crippen LogP contribution < -0.4 is 5.73 Å². The fourth-order valence-corrected chi connectivity index (χ4v) is 1.84. The molecule has 1 aliphatic heterocycles. The van der Waals surface area contributed by atoms with Crippen LogP contribution in [0.1, 0.15) is 13.3 Å². The van der Waals surface area contributed by atoms with Crippen LogP contribution in [0.2, 0.25) is 0 Å². The Bertz CT molecular complexity index is 124. The monoisotopic (exact) mass is 154 g/mol. The molecule has 2 nitrogen and oxygen atoms in total. The van der Waals surface area contributed by atoms with Gasteiger partial charge < -0.3 is 5.73 Å². The minimum Gasteiger partial charge on any atom is -0.327 e. The molecule has 0 spiro atoms. The lowest BCUT2D eigenvalue weighted by Crippen LogP contribution is -2.46. The topological polar surface area (TPSA) is 29.3 Å². The molecule has 1 rings (SSSR count). The van der Waals surface area contributed by atoms with Crippen LogP contribution in [-0.4, -0.2) is 30.6 Å². The predicted molar refractivity (Wildman–Crippen MR) is 48.4 cm³/mol. The molecule has 0 saturated carbocycles. The number of rotatable bonds is 2. The van der Waals surface area contributed by atoms with Crippen LogP contribution in [0.15, 0.2) is 12.7 Å². The summed E-state index contributed by atoms with van der Waals surface area (Å²) in [4.78, 5) is 2.37. The summed E-state index contributed by atoms with van der Waals surface area (Å²) in [7, 11) is 0. The zero-order valence-corrected chi connectivity index (χ0v) is 7.29. The third-order valence-corrected chi connectivity index (χ3v) is 2.15. The van der Waals surface area contributed by atoms with Crippen molar-refractivity contribution < 1.29 is 0 Å². The molecule has 0 bridgehead atoms. The van der Waals surface area contributed by atoms with Gasteiger partial charge in [0.2, 0.25) is 0 Å². The molecule has 1 heterocycles. The van der Waals surface area contributed by atoms with Gasteiger partial charge in [0.05, 0.1) is 0 Å². The summed E-state index contributed by atoms with van der Waals surface area (Å²) in [5, 5.41) is 0. The highest BCUT2D eigenvalue weighted by molar-refractivity contribution is 4.83. The first-order valence-corrected chi connectivity index (χ1v) is 4.31. The maximum Gasteiger partial charge on any atom is 0.0170 e. The molecular formula is C9H18N2. The molecule has 0 amide bonds. The van der Waals surface area contributed by atoms with Crippen molar-refractivity contribution in [1.29, 1.82) is 0 Å². The minimum atomic E-state index is 0.374. The van der Waals surface area contributed by atoms with E-state index in [1.807, 2.05) is 6.08 Å². The van der Waals surface area contributed by atoms with E-state index in [1.54, 1.807) is 0 Å². The Balaban J connectivity index is 2.36. The lowest BCUT2D eigenvalue weighted by Gasteiger charge is -2.33. The largest absolute Gasteiger partial charge is 0.327 e. The lowest BCUT2D eigenvalue weighted by molar-refractivity contribution is 0.181. The fraction of sp³-hybridized carbons (Fsp3) is 0.778. The SMILES string of the molecule is C=CCN1CC(C)CC(N)C1. The zero-order chi connectivity index (χ0) is 8.27. The standard InChI is InChI=1S/C9H18N2/c1-3-4-11-6-8(2)5-9(10)7-11/h3,8-9H,1,4-7,10H2,2H3. The molecular weight excluding hydrogens is 136 g/mol. The number of likely N-dealkylation sites (tertiary alicyclic amines) is 1. The van der Waals surface area contributed by atoms with Gasteiger partial charge in [-0.3, -0.25) is 4.90 Å². The van der Waals surface area contributed by atoms with E-state index in [4.69, 9.17) is 5.73 Å². The van der Waals surface area contributed by atoms with Crippen molar-refractivity contribution in [2.75, 3.05) is 19.6 Å². The van der Waals surface area contributed by atoms with E-state index in [-0.39, 0.29) is 0 Å². The highest BCUT2D eigenvalue weighted by Gasteiger charge is 2.20. The van der Waals surface area contributed by atoms with Gasteiger partial charge in [-0.2, -0.15) is 0 Å². The van der Waals surface area contributed by atoms with Crippen LogP contribution in [-0.2, 0) is 0 Å². The number of hydrogen-bond acceptors (Lipinski definition) is 2. The third-order valence-electron chi connectivity index (χ3n) is 2.15. The van der Waals surface area contributed by atoms with E-state index >= 15 is 0 Å². The van der Waals surface area contributed by atoms with Gasteiger partial charge in [-0.05, 0) is 12.3 Å². The van der Waals surface area contributed by atoms with Gasteiger partial charge in [0, 0.05) is 25.7 Å². The Hall–Kier alpha value is -0.340. The van der Waals surface area contributed by atoms with Gasteiger partial charge >= 0.3 is 0 Å². The summed E-state index contributed by atoms with van der Waals surface area (Å²) >= 11 is 0. The van der Waals surface area contributed by atoms with Crippen LogP contribution in [0.4, 0.5) is 0 Å². The second kappa shape index (κ2) is 3.88. The van der Waals surface area contributed by atoms with E-state index in [1.165, 1.54) is 13.0 Å². The molecule has 2 atom stereocenters. The van der Waals surface area contributed by atoms with E-state index in [2.05, 4.69) is 18.4 Å². The lowest BCUT2D eigenvalue weighted by atomic mass is 9.97. The van der Waals surface area contributed by atoms with Gasteiger partial charge in [0.15, 0.2) is 0 Å². The van der Waals surface area contributed by atoms with Gasteiger partial charge in [-0.25, -0.2) is 0 Å². The van der Waals surface area contributed by atoms with Crippen LogP contribution in [0, 0.1) is 5.92 Å². The maximum atomic E-state index is 5.87. The van der Waals surface area contributed by atoms with Gasteiger partial charge in [-0.1, -0.05) is 13.0 Å². The smallest absolute Gasteiger partial charge is 0.0170 e. The molecule has 0 aliphatic carbocycles. The zero-order valence-electron chi connectivity index (χ0n) is 7.29. The molecule has 2 heteroatoms. The quantitative estimate of drug-likeness (QED) is 0.597. The van der Waals surface area contributed by atoms with Crippen molar-refractivity contribution in [1.82, 2.24) is 4.90 Å². The van der Waals surface area contributed by atoms with E-state index < -0.39 is 0 Å². The van der Waals surface area contributed by atoms with E-state index in [9.17, 15) is 0 Å². The number of hydrogen-bond donors (Lipinski definition) is 1. The van der Waals surface area contributed by atoms with Crippen molar-refractivity contribution in [2.24, 2.45) is 11.7 Å². The Morgan fingerprint density at radius 2 is 2.36 bits per heavy atom. The number of nitrogens with zero attached hydrogens (tertiary/aromatic N) is 1. The van der Waals surface area contributed by atoms with Crippen LogP contribution >= 0.6 is 0 Å². The Morgan fingerprint density at radius 1 is 1.64 bits per heavy atom. The summed E-state index contributed by atoms with van der Waals surface area (Å²) < 4.78 is 0. The molecule has 1 fully saturated rings. The predicted octanol–water partition coefficient (Wildman–Crippen LogP) is 0.842. The normalized spacial score (nSPS) is 33.6. The Labute approximate surface area is 69.1 Å². The second-order valence-electron chi connectivity index (χ2n) is 3.61. The number of piperidine rings is 1. The van der Waals surface area contributed by atoms with E-state index in [0.29, 0.717) is 6.04 Å². The van der Waals surface area contributed by atoms with Crippen molar-refractivity contribution in [3.63, 3.8) is 0 Å². The molecule has 2 N–H and O–H groups in total. The highest BCUT2D eigenvalue weighted by Crippen LogP contribution is 2.14. The summed E-state index contributed by atoms with van der Waals surface area (Å²) in [6.07, 6.45) is 3.12. The minimum absolute atomic E-state index is 0.374. The summed E-state index contributed by atoms with van der Waals surface area (Å²) in [6.45, 7) is 9.18. The van der Waals surface area contributed by atoms with Gasteiger partial charge in [0.1, 0.15) is 0 Å². The van der Waals surface area contributed by atoms with Gasteiger partial charge in [0.25, 0.3) is 0 Å². The molecule has 64 valence electrons. The van der Waals surface area contributed by atoms with Crippen LogP contribution in [0.25, 0.3) is 0 Å². The van der Waals surface area contributed by atoms with Crippen molar-refractivity contribution in [2.45, 2.75) is 19.4 Å². The molecule has 1 aliphatic rings. The molecule has 0 aromatic carbocycles. The highest BCUT2D eigenvalue weighted by atomic mass is 15.1. The second-order valence-corrected chi connectivity index (χ2v) is 3.61. The summed E-state index contributed by atoms with van der Waals surface area (Å²) in [6, 6.07) is 0.374. The van der Waals surface area contributed by atoms with Crippen molar-refractivity contribution in [3.8, 4) is 0 Å². The van der Waals surface area contributed by atoms with Gasteiger partial charge in [-0.15, -0.1) is 6.58 Å². The number of nitrogens with two attached hydrogens (primary N) is 1. The average Bonchev–Trinajstić information content (AvgIpc) is 1.85. The van der Waals surface area contributed by atoms with Crippen LogP contribution in [0.5, 0.6) is 0 Å². The molecule has 0 aromatic heterocycles. The Morgan fingerprint density at radius 3 is 2.91 bits per heavy atom. The fourth-order valence-electron chi connectivity index (χ4n) is 1.84. The molecule has 1 saturated heterocycles. The van der Waals surface area contributed by atoms with E-state index in [0.717, 1.165) is 19.0 Å². The first-order valence-electron chi connectivity index (χ1n) is 4.31.